The molecule has 0 rings (SSSR count). The summed E-state index contributed by atoms with van der Waals surface area (Å²) in [6.45, 7) is 9.02. The number of hydrogen-bond donors (Lipinski definition) is 2. The number of carbonyl (C=O) groups excluding carboxylic acids is 3. The molecule has 0 aliphatic carbocycles. The van der Waals surface area contributed by atoms with Gasteiger partial charge in [0.2, 0.25) is 5.91 Å². The quantitative estimate of drug-likeness (QED) is 0.510. The zero-order chi connectivity index (χ0) is 18.2. The standard InChI is InChI=1S/C16H28N2O5/c1-9(2)13(15(20)22-6)17-11(5)8-12(19)18-14(10(3)4)16(21)23-7/h8-10,13-14,17H,1-7H3,(H,18,19)/b11-8-/t13-,14-/m0/s1. The fourth-order valence-corrected chi connectivity index (χ4v) is 1.93. The third-order valence-electron chi connectivity index (χ3n) is 3.27. The first kappa shape index (κ1) is 20.9. The summed E-state index contributed by atoms with van der Waals surface area (Å²) in [5.74, 6) is -1.45. The first-order valence-corrected chi connectivity index (χ1v) is 7.55. The maximum absolute atomic E-state index is 12.0. The van der Waals surface area contributed by atoms with Gasteiger partial charge in [-0.15, -0.1) is 0 Å². The van der Waals surface area contributed by atoms with E-state index in [2.05, 4.69) is 15.4 Å². The highest BCUT2D eigenvalue weighted by atomic mass is 16.5. The van der Waals surface area contributed by atoms with Crippen LogP contribution in [0.25, 0.3) is 0 Å². The van der Waals surface area contributed by atoms with Crippen molar-refractivity contribution in [1.82, 2.24) is 10.6 Å². The molecule has 132 valence electrons. The second-order valence-electron chi connectivity index (χ2n) is 5.97. The number of hydrogen-bond acceptors (Lipinski definition) is 6. The highest BCUT2D eigenvalue weighted by Crippen LogP contribution is 2.07. The lowest BCUT2D eigenvalue weighted by Gasteiger charge is -2.22. The molecular formula is C16H28N2O5. The lowest BCUT2D eigenvalue weighted by atomic mass is 10.0. The van der Waals surface area contributed by atoms with Gasteiger partial charge in [-0.1, -0.05) is 27.7 Å². The molecule has 7 nitrogen and oxygen atoms in total. The van der Waals surface area contributed by atoms with Gasteiger partial charge in [0.1, 0.15) is 12.1 Å². The van der Waals surface area contributed by atoms with E-state index in [4.69, 9.17) is 4.74 Å². The Morgan fingerprint density at radius 3 is 1.57 bits per heavy atom. The van der Waals surface area contributed by atoms with E-state index in [0.717, 1.165) is 0 Å². The SMILES string of the molecule is COC(=O)[C@@H](NC(=O)/C=C(/C)N[C@H](C(=O)OC)C(C)C)C(C)C. The number of carbonyl (C=O) groups is 3. The van der Waals surface area contributed by atoms with Crippen LogP contribution in [0.5, 0.6) is 0 Å². The summed E-state index contributed by atoms with van der Waals surface area (Å²) in [6.07, 6.45) is 1.30. The van der Waals surface area contributed by atoms with E-state index in [1.165, 1.54) is 20.3 Å². The average Bonchev–Trinajstić information content (AvgIpc) is 2.48. The summed E-state index contributed by atoms with van der Waals surface area (Å²) in [7, 11) is 2.59. The van der Waals surface area contributed by atoms with Crippen molar-refractivity contribution < 1.29 is 23.9 Å². The van der Waals surface area contributed by atoms with Crippen molar-refractivity contribution in [2.45, 2.75) is 46.7 Å². The number of nitrogens with one attached hydrogen (secondary N) is 2. The van der Waals surface area contributed by atoms with Gasteiger partial charge < -0.3 is 20.1 Å². The van der Waals surface area contributed by atoms with Crippen LogP contribution in [0.1, 0.15) is 34.6 Å². The first-order valence-electron chi connectivity index (χ1n) is 7.55. The molecule has 7 heteroatoms. The highest BCUT2D eigenvalue weighted by Gasteiger charge is 2.25. The number of esters is 2. The molecule has 1 amide bonds. The molecule has 0 radical (unpaired) electrons. The van der Waals surface area contributed by atoms with Crippen LogP contribution in [0, 0.1) is 11.8 Å². The Bertz CT molecular complexity index is 457. The maximum atomic E-state index is 12.0. The molecule has 0 aliphatic rings. The molecule has 0 aromatic rings. The van der Waals surface area contributed by atoms with Crippen molar-refractivity contribution in [2.24, 2.45) is 11.8 Å². The Morgan fingerprint density at radius 1 is 0.826 bits per heavy atom. The van der Waals surface area contributed by atoms with Crippen molar-refractivity contribution in [1.29, 1.82) is 0 Å². The maximum Gasteiger partial charge on any atom is 0.328 e. The van der Waals surface area contributed by atoms with E-state index >= 15 is 0 Å². The van der Waals surface area contributed by atoms with E-state index in [1.807, 2.05) is 27.7 Å². The molecule has 0 saturated carbocycles. The van der Waals surface area contributed by atoms with Crippen LogP contribution in [-0.4, -0.2) is 44.1 Å². The van der Waals surface area contributed by atoms with Crippen molar-refractivity contribution in [2.75, 3.05) is 14.2 Å². The van der Waals surface area contributed by atoms with Gasteiger partial charge in [-0.2, -0.15) is 0 Å². The summed E-state index contributed by atoms with van der Waals surface area (Å²) in [5.41, 5.74) is 0.499. The molecule has 2 N–H and O–H groups in total. The molecule has 0 aromatic heterocycles. The molecular weight excluding hydrogens is 300 g/mol. The molecule has 0 aromatic carbocycles. The lowest BCUT2D eigenvalue weighted by molar-refractivity contribution is -0.146. The van der Waals surface area contributed by atoms with Gasteiger partial charge >= 0.3 is 11.9 Å². The number of amides is 1. The summed E-state index contributed by atoms with van der Waals surface area (Å²) >= 11 is 0. The van der Waals surface area contributed by atoms with Crippen LogP contribution < -0.4 is 10.6 Å². The normalized spacial score (nSPS) is 14.2. The van der Waals surface area contributed by atoms with Gasteiger partial charge in [0.25, 0.3) is 0 Å². The number of rotatable bonds is 8. The van der Waals surface area contributed by atoms with Crippen LogP contribution in [0.15, 0.2) is 11.8 Å². The number of allylic oxidation sites excluding steroid dienone is 1. The van der Waals surface area contributed by atoms with Gasteiger partial charge in [-0.3, -0.25) is 4.79 Å². The Kier molecular flexibility index (Phi) is 8.98. The molecule has 23 heavy (non-hydrogen) atoms. The third kappa shape index (κ3) is 7.17. The Balaban J connectivity index is 4.92. The molecule has 0 bridgehead atoms. The van der Waals surface area contributed by atoms with Gasteiger partial charge in [0, 0.05) is 11.8 Å². The number of ether oxygens (including phenoxy) is 2. The monoisotopic (exact) mass is 328 g/mol. The lowest BCUT2D eigenvalue weighted by Crippen LogP contribution is -2.45. The second-order valence-corrected chi connectivity index (χ2v) is 5.97. The minimum atomic E-state index is -0.724. The predicted octanol–water partition coefficient (Wildman–Crippen LogP) is 0.991. The molecule has 0 fully saturated rings. The molecule has 0 spiro atoms. The van der Waals surface area contributed by atoms with E-state index in [9.17, 15) is 14.4 Å². The molecule has 0 unspecified atom stereocenters. The minimum Gasteiger partial charge on any atom is -0.467 e. The van der Waals surface area contributed by atoms with Crippen molar-refractivity contribution >= 4 is 17.8 Å². The zero-order valence-corrected chi connectivity index (χ0v) is 14.9. The Labute approximate surface area is 137 Å². The summed E-state index contributed by atoms with van der Waals surface area (Å²) in [4.78, 5) is 35.4. The summed E-state index contributed by atoms with van der Waals surface area (Å²) in [6, 6.07) is -1.27. The third-order valence-corrected chi connectivity index (χ3v) is 3.27. The smallest absolute Gasteiger partial charge is 0.328 e. The summed E-state index contributed by atoms with van der Waals surface area (Å²) < 4.78 is 9.40. The van der Waals surface area contributed by atoms with Crippen LogP contribution in [0.2, 0.25) is 0 Å². The van der Waals surface area contributed by atoms with E-state index in [-0.39, 0.29) is 11.8 Å². The second kappa shape index (κ2) is 9.86. The Hall–Kier alpha value is -2.05. The fourth-order valence-electron chi connectivity index (χ4n) is 1.93. The van der Waals surface area contributed by atoms with Crippen LogP contribution >= 0.6 is 0 Å². The topological polar surface area (TPSA) is 93.7 Å². The minimum absolute atomic E-state index is 0.00709. The zero-order valence-electron chi connectivity index (χ0n) is 14.9. The van der Waals surface area contributed by atoms with E-state index in [1.54, 1.807) is 6.92 Å². The van der Waals surface area contributed by atoms with E-state index in [0.29, 0.717) is 5.70 Å². The average molecular weight is 328 g/mol. The van der Waals surface area contributed by atoms with E-state index < -0.39 is 29.9 Å². The molecule has 2 atom stereocenters. The Morgan fingerprint density at radius 2 is 1.22 bits per heavy atom. The molecule has 0 aliphatic heterocycles. The van der Waals surface area contributed by atoms with Crippen molar-refractivity contribution in [3.8, 4) is 0 Å². The van der Waals surface area contributed by atoms with Crippen molar-refractivity contribution in [3.63, 3.8) is 0 Å². The van der Waals surface area contributed by atoms with Crippen LogP contribution in [-0.2, 0) is 23.9 Å². The van der Waals surface area contributed by atoms with Gasteiger partial charge in [-0.05, 0) is 18.8 Å². The van der Waals surface area contributed by atoms with Gasteiger partial charge in [0.05, 0.1) is 14.2 Å². The van der Waals surface area contributed by atoms with Crippen molar-refractivity contribution in [3.05, 3.63) is 11.8 Å². The van der Waals surface area contributed by atoms with Gasteiger partial charge in [0.15, 0.2) is 0 Å². The molecule has 0 heterocycles. The molecule has 0 saturated heterocycles. The number of methoxy groups -OCH3 is 2. The highest BCUT2D eigenvalue weighted by molar-refractivity contribution is 5.92. The largest absolute Gasteiger partial charge is 0.467 e. The van der Waals surface area contributed by atoms with Crippen LogP contribution in [0.4, 0.5) is 0 Å². The first-order chi connectivity index (χ1) is 10.6. The van der Waals surface area contributed by atoms with Crippen LogP contribution in [0.3, 0.4) is 0 Å². The summed E-state index contributed by atoms with van der Waals surface area (Å²) in [5, 5.41) is 5.55. The predicted molar refractivity (Wildman–Crippen MR) is 86.3 cm³/mol. The van der Waals surface area contributed by atoms with Gasteiger partial charge in [-0.25, -0.2) is 9.59 Å². The fraction of sp³-hybridized carbons (Fsp3) is 0.688.